The summed E-state index contributed by atoms with van der Waals surface area (Å²) < 4.78 is 27.8. The number of aliphatic hydroxyl groups is 1. The van der Waals surface area contributed by atoms with Gasteiger partial charge in [-0.2, -0.15) is 0 Å². The Balaban J connectivity index is 0.000000370. The van der Waals surface area contributed by atoms with E-state index in [9.17, 15) is 0 Å². The van der Waals surface area contributed by atoms with Gasteiger partial charge in [0.1, 0.15) is 0 Å². The Labute approximate surface area is 237 Å². The van der Waals surface area contributed by atoms with Gasteiger partial charge in [-0.3, -0.25) is 0 Å². The fourth-order valence-corrected chi connectivity index (χ4v) is 4.08. The van der Waals surface area contributed by atoms with Gasteiger partial charge in [-0.15, -0.1) is 0 Å². The molecule has 0 aromatic heterocycles. The van der Waals surface area contributed by atoms with E-state index in [1.54, 1.807) is 0 Å². The Bertz CT molecular complexity index is 832. The summed E-state index contributed by atoms with van der Waals surface area (Å²) >= 11 is 0. The molecule has 0 bridgehead atoms. The van der Waals surface area contributed by atoms with E-state index in [0.29, 0.717) is 58.1 Å². The third-order valence-electron chi connectivity index (χ3n) is 7.19. The highest BCUT2D eigenvalue weighted by atomic mass is 16.7. The lowest BCUT2D eigenvalue weighted by Crippen LogP contribution is -2.24. The molecule has 1 aliphatic rings. The summed E-state index contributed by atoms with van der Waals surface area (Å²) in [5, 5.41) is 8.82. The van der Waals surface area contributed by atoms with Gasteiger partial charge in [0.25, 0.3) is 0 Å². The van der Waals surface area contributed by atoms with Crippen molar-refractivity contribution in [1.29, 1.82) is 0 Å². The molecule has 1 aliphatic heterocycles. The summed E-state index contributed by atoms with van der Waals surface area (Å²) in [4.78, 5) is 0. The van der Waals surface area contributed by atoms with E-state index in [1.807, 2.05) is 12.1 Å². The van der Waals surface area contributed by atoms with Crippen molar-refractivity contribution >= 4 is 0 Å². The SMILES string of the molecule is CCC(C)c1ccc(CO)cc1.CCC(C)c1ccc(COCCOCCOCCOC2CCCCO2)cc1. The van der Waals surface area contributed by atoms with Gasteiger partial charge in [-0.25, -0.2) is 0 Å². The number of rotatable bonds is 17. The van der Waals surface area contributed by atoms with Crippen molar-refractivity contribution in [2.24, 2.45) is 0 Å². The van der Waals surface area contributed by atoms with Crippen LogP contribution in [0.15, 0.2) is 48.5 Å². The number of hydrogen-bond acceptors (Lipinski definition) is 6. The molecule has 1 N–H and O–H groups in total. The van der Waals surface area contributed by atoms with Gasteiger partial charge < -0.3 is 28.8 Å². The molecule has 3 atom stereocenters. The van der Waals surface area contributed by atoms with Crippen molar-refractivity contribution in [2.45, 2.75) is 91.1 Å². The average molecular weight is 545 g/mol. The summed E-state index contributed by atoms with van der Waals surface area (Å²) in [6, 6.07) is 16.9. The van der Waals surface area contributed by atoms with Crippen LogP contribution in [-0.4, -0.2) is 57.6 Å². The van der Waals surface area contributed by atoms with Gasteiger partial charge >= 0.3 is 0 Å². The fourth-order valence-electron chi connectivity index (χ4n) is 4.08. The second-order valence-corrected chi connectivity index (χ2v) is 10.2. The molecule has 1 saturated heterocycles. The highest BCUT2D eigenvalue weighted by Gasteiger charge is 2.13. The molecular weight excluding hydrogens is 492 g/mol. The van der Waals surface area contributed by atoms with E-state index in [-0.39, 0.29) is 12.9 Å². The van der Waals surface area contributed by atoms with Gasteiger partial charge in [-0.05, 0) is 66.2 Å². The van der Waals surface area contributed by atoms with Crippen LogP contribution in [0.3, 0.4) is 0 Å². The molecular formula is C33H52O6. The molecule has 0 radical (unpaired) electrons. The maximum atomic E-state index is 8.82. The van der Waals surface area contributed by atoms with E-state index in [4.69, 9.17) is 28.8 Å². The Morgan fingerprint density at radius 1 is 0.718 bits per heavy atom. The molecule has 3 rings (SSSR count). The number of aliphatic hydroxyl groups excluding tert-OH is 1. The lowest BCUT2D eigenvalue weighted by molar-refractivity contribution is -0.169. The molecule has 0 aliphatic carbocycles. The largest absolute Gasteiger partial charge is 0.392 e. The van der Waals surface area contributed by atoms with Crippen LogP contribution in [-0.2, 0) is 36.9 Å². The summed E-state index contributed by atoms with van der Waals surface area (Å²) in [7, 11) is 0. The maximum Gasteiger partial charge on any atom is 0.157 e. The molecule has 3 unspecified atom stereocenters. The Kier molecular flexibility index (Phi) is 18.0. The first-order valence-electron chi connectivity index (χ1n) is 14.8. The Morgan fingerprint density at radius 3 is 1.72 bits per heavy atom. The van der Waals surface area contributed by atoms with E-state index in [2.05, 4.69) is 64.1 Å². The smallest absolute Gasteiger partial charge is 0.157 e. The van der Waals surface area contributed by atoms with Crippen molar-refractivity contribution in [2.75, 3.05) is 46.2 Å². The van der Waals surface area contributed by atoms with Gasteiger partial charge in [0, 0.05) is 6.61 Å². The molecule has 2 aromatic carbocycles. The molecule has 39 heavy (non-hydrogen) atoms. The number of benzene rings is 2. The molecule has 6 nitrogen and oxygen atoms in total. The zero-order valence-electron chi connectivity index (χ0n) is 24.7. The van der Waals surface area contributed by atoms with Gasteiger partial charge in [0.15, 0.2) is 6.29 Å². The van der Waals surface area contributed by atoms with Gasteiger partial charge in [0.05, 0.1) is 52.9 Å². The van der Waals surface area contributed by atoms with Crippen molar-refractivity contribution in [1.82, 2.24) is 0 Å². The van der Waals surface area contributed by atoms with E-state index >= 15 is 0 Å². The van der Waals surface area contributed by atoms with Gasteiger partial charge in [0.2, 0.25) is 0 Å². The van der Waals surface area contributed by atoms with Crippen LogP contribution < -0.4 is 0 Å². The zero-order valence-corrected chi connectivity index (χ0v) is 24.7. The minimum Gasteiger partial charge on any atom is -0.392 e. The molecule has 6 heteroatoms. The van der Waals surface area contributed by atoms with Crippen molar-refractivity contribution in [3.63, 3.8) is 0 Å². The first kappa shape index (κ1) is 33.4. The molecule has 220 valence electrons. The summed E-state index contributed by atoms with van der Waals surface area (Å²) in [5.74, 6) is 1.24. The Morgan fingerprint density at radius 2 is 1.23 bits per heavy atom. The van der Waals surface area contributed by atoms with E-state index < -0.39 is 0 Å². The van der Waals surface area contributed by atoms with Crippen LogP contribution in [0.5, 0.6) is 0 Å². The normalized spacial score (nSPS) is 16.8. The van der Waals surface area contributed by atoms with Crippen LogP contribution in [0, 0.1) is 0 Å². The van der Waals surface area contributed by atoms with Crippen molar-refractivity contribution in [3.8, 4) is 0 Å². The molecule has 0 spiro atoms. The average Bonchev–Trinajstić information content (AvgIpc) is 3.00. The minimum absolute atomic E-state index is 0.0398. The minimum atomic E-state index is -0.0398. The van der Waals surface area contributed by atoms with Crippen molar-refractivity contribution < 1.29 is 28.8 Å². The summed E-state index contributed by atoms with van der Waals surface area (Å²) in [6.07, 6.45) is 5.61. The third-order valence-corrected chi connectivity index (χ3v) is 7.19. The molecule has 2 aromatic rings. The lowest BCUT2D eigenvalue weighted by atomic mass is 9.98. The second-order valence-electron chi connectivity index (χ2n) is 10.2. The predicted octanol–water partition coefficient (Wildman–Crippen LogP) is 6.99. The zero-order chi connectivity index (χ0) is 28.1. The second kappa shape index (κ2) is 21.0. The van der Waals surface area contributed by atoms with E-state index in [1.165, 1.54) is 36.0 Å². The summed E-state index contributed by atoms with van der Waals surface area (Å²) in [5.41, 5.74) is 4.94. The van der Waals surface area contributed by atoms with Crippen LogP contribution in [0.4, 0.5) is 0 Å². The first-order chi connectivity index (χ1) is 19.1. The first-order valence-corrected chi connectivity index (χ1v) is 14.8. The highest BCUT2D eigenvalue weighted by Crippen LogP contribution is 2.20. The van der Waals surface area contributed by atoms with Crippen LogP contribution >= 0.6 is 0 Å². The van der Waals surface area contributed by atoms with Crippen LogP contribution in [0.2, 0.25) is 0 Å². The maximum absolute atomic E-state index is 8.82. The summed E-state index contributed by atoms with van der Waals surface area (Å²) in [6.45, 7) is 13.9. The Hall–Kier alpha value is -1.80. The quantitative estimate of drug-likeness (QED) is 0.217. The van der Waals surface area contributed by atoms with Crippen LogP contribution in [0.25, 0.3) is 0 Å². The predicted molar refractivity (Wildman–Crippen MR) is 157 cm³/mol. The van der Waals surface area contributed by atoms with Crippen molar-refractivity contribution in [3.05, 3.63) is 70.8 Å². The monoisotopic (exact) mass is 544 g/mol. The number of ether oxygens (including phenoxy) is 5. The molecule has 1 heterocycles. The molecule has 0 saturated carbocycles. The van der Waals surface area contributed by atoms with Crippen LogP contribution in [0.1, 0.15) is 93.9 Å². The topological polar surface area (TPSA) is 66.4 Å². The fraction of sp³-hybridized carbons (Fsp3) is 0.636. The third kappa shape index (κ3) is 14.4. The van der Waals surface area contributed by atoms with Gasteiger partial charge in [-0.1, -0.05) is 76.2 Å². The molecule has 0 amide bonds. The lowest BCUT2D eigenvalue weighted by Gasteiger charge is -2.22. The highest BCUT2D eigenvalue weighted by molar-refractivity contribution is 5.25. The molecule has 1 fully saturated rings. The standard InChI is InChI=1S/C22H36O5.C11H16O/c1-3-19(2)21-9-7-20(8-10-21)18-25-15-14-23-12-13-24-16-17-27-22-6-4-5-11-26-22;1-3-9(2)11-6-4-10(8-12)5-7-11/h7-10,19,22H,3-6,11-18H2,1-2H3;4-7,9,12H,3,8H2,1-2H3. The number of hydrogen-bond donors (Lipinski definition) is 1. The van der Waals surface area contributed by atoms with E-state index in [0.717, 1.165) is 25.0 Å².